The Bertz CT molecular complexity index is 780. The van der Waals surface area contributed by atoms with E-state index in [1.54, 1.807) is 6.07 Å². The summed E-state index contributed by atoms with van der Waals surface area (Å²) in [6, 6.07) is 12.9. The third-order valence-corrected chi connectivity index (χ3v) is 3.84. The molecule has 2 aromatic carbocycles. The van der Waals surface area contributed by atoms with Crippen LogP contribution in [0.3, 0.4) is 0 Å². The fourth-order valence-electron chi connectivity index (χ4n) is 2.66. The molecule has 21 heavy (non-hydrogen) atoms. The molecule has 1 heterocycles. The Morgan fingerprint density at radius 1 is 1.14 bits per heavy atom. The minimum Gasteiger partial charge on any atom is -0.323 e. The van der Waals surface area contributed by atoms with Crippen LogP contribution in [0.5, 0.6) is 0 Å². The number of aromatic nitrogens is 2. The lowest BCUT2D eigenvalue weighted by molar-refractivity contribution is 0.597. The van der Waals surface area contributed by atoms with Crippen LogP contribution in [0.15, 0.2) is 42.5 Å². The van der Waals surface area contributed by atoms with Crippen LogP contribution in [0.2, 0.25) is 0 Å². The van der Waals surface area contributed by atoms with Gasteiger partial charge in [0, 0.05) is 17.9 Å². The van der Waals surface area contributed by atoms with E-state index in [1.165, 1.54) is 6.07 Å². The van der Waals surface area contributed by atoms with Gasteiger partial charge in [0.15, 0.2) is 0 Å². The number of alkyl halides is 1. The van der Waals surface area contributed by atoms with Crippen LogP contribution in [0.1, 0.15) is 17.0 Å². The van der Waals surface area contributed by atoms with E-state index < -0.39 is 0 Å². The first-order chi connectivity index (χ1) is 10.2. The van der Waals surface area contributed by atoms with Crippen molar-refractivity contribution in [2.24, 2.45) is 0 Å². The van der Waals surface area contributed by atoms with Crippen molar-refractivity contribution in [1.82, 2.24) is 9.55 Å². The third-order valence-electron chi connectivity index (χ3n) is 3.65. The Kier molecular flexibility index (Phi) is 3.93. The molecule has 3 aromatic rings. The second-order valence-electron chi connectivity index (χ2n) is 5.09. The molecule has 0 N–H and O–H groups in total. The number of hydrogen-bond acceptors (Lipinski definition) is 1. The van der Waals surface area contributed by atoms with Gasteiger partial charge in [0.25, 0.3) is 0 Å². The number of benzene rings is 2. The first-order valence-electron chi connectivity index (χ1n) is 6.95. The van der Waals surface area contributed by atoms with Gasteiger partial charge in [-0.2, -0.15) is 0 Å². The molecule has 0 unspecified atom stereocenters. The Labute approximate surface area is 128 Å². The highest BCUT2D eigenvalue weighted by molar-refractivity contribution is 6.17. The maximum Gasteiger partial charge on any atom is 0.128 e. The lowest BCUT2D eigenvalue weighted by Gasteiger charge is -2.11. The minimum atomic E-state index is -0.190. The van der Waals surface area contributed by atoms with Crippen LogP contribution in [-0.2, 0) is 13.0 Å². The van der Waals surface area contributed by atoms with Gasteiger partial charge in [-0.1, -0.05) is 30.3 Å². The van der Waals surface area contributed by atoms with Crippen molar-refractivity contribution in [3.8, 4) is 0 Å². The van der Waals surface area contributed by atoms with E-state index in [9.17, 15) is 4.39 Å². The molecule has 0 amide bonds. The summed E-state index contributed by atoms with van der Waals surface area (Å²) in [5.41, 5.74) is 3.79. The van der Waals surface area contributed by atoms with Crippen molar-refractivity contribution >= 4 is 22.6 Å². The Hall–Kier alpha value is -1.87. The smallest absolute Gasteiger partial charge is 0.128 e. The van der Waals surface area contributed by atoms with Gasteiger partial charge in [0.05, 0.1) is 17.6 Å². The molecule has 0 spiro atoms. The fourth-order valence-corrected chi connectivity index (χ4v) is 2.82. The van der Waals surface area contributed by atoms with Gasteiger partial charge in [-0.25, -0.2) is 9.37 Å². The van der Waals surface area contributed by atoms with Crippen LogP contribution >= 0.6 is 11.6 Å². The standard InChI is InChI=1S/C17H16ClFN2/c1-12-5-4-8-15-17(12)21(16(20-15)9-10-18)11-13-6-2-3-7-14(13)19/h2-8H,9-11H2,1H3. The van der Waals surface area contributed by atoms with Gasteiger partial charge < -0.3 is 4.57 Å². The predicted octanol–water partition coefficient (Wildman–Crippen LogP) is 4.31. The lowest BCUT2D eigenvalue weighted by Crippen LogP contribution is -2.08. The number of hydrogen-bond donors (Lipinski definition) is 0. The molecular weight excluding hydrogens is 287 g/mol. The van der Waals surface area contributed by atoms with Crippen molar-refractivity contribution < 1.29 is 4.39 Å². The molecule has 0 bridgehead atoms. The lowest BCUT2D eigenvalue weighted by atomic mass is 10.1. The number of halogens is 2. The van der Waals surface area contributed by atoms with E-state index in [-0.39, 0.29) is 5.82 Å². The number of rotatable bonds is 4. The predicted molar refractivity (Wildman–Crippen MR) is 84.4 cm³/mol. The maximum absolute atomic E-state index is 13.9. The molecule has 2 nitrogen and oxygen atoms in total. The van der Waals surface area contributed by atoms with Crippen LogP contribution in [0.4, 0.5) is 4.39 Å². The molecule has 0 saturated carbocycles. The number of fused-ring (bicyclic) bond motifs is 1. The molecule has 4 heteroatoms. The molecule has 0 aliphatic rings. The summed E-state index contributed by atoms with van der Waals surface area (Å²) in [5.74, 6) is 1.21. The van der Waals surface area contributed by atoms with Gasteiger partial charge in [-0.15, -0.1) is 11.6 Å². The van der Waals surface area contributed by atoms with Crippen LogP contribution < -0.4 is 0 Å². The molecular formula is C17H16ClFN2. The summed E-state index contributed by atoms with van der Waals surface area (Å²) in [6.07, 6.45) is 0.671. The van der Waals surface area contributed by atoms with E-state index in [1.807, 2.05) is 37.3 Å². The van der Waals surface area contributed by atoms with E-state index >= 15 is 0 Å². The first-order valence-corrected chi connectivity index (χ1v) is 7.48. The Morgan fingerprint density at radius 2 is 1.95 bits per heavy atom. The first kappa shape index (κ1) is 14.1. The molecule has 0 aliphatic heterocycles. The second-order valence-corrected chi connectivity index (χ2v) is 5.47. The highest BCUT2D eigenvalue weighted by Crippen LogP contribution is 2.22. The van der Waals surface area contributed by atoms with Gasteiger partial charge in [0.1, 0.15) is 11.6 Å². The number of nitrogens with zero attached hydrogens (tertiary/aromatic N) is 2. The molecule has 3 rings (SSSR count). The van der Waals surface area contributed by atoms with Gasteiger partial charge >= 0.3 is 0 Å². The molecule has 0 radical (unpaired) electrons. The van der Waals surface area contributed by atoms with Crippen LogP contribution in [0.25, 0.3) is 11.0 Å². The van der Waals surface area contributed by atoms with E-state index in [4.69, 9.17) is 11.6 Å². The normalized spacial score (nSPS) is 11.2. The van der Waals surface area contributed by atoms with E-state index in [2.05, 4.69) is 9.55 Å². The monoisotopic (exact) mass is 302 g/mol. The Balaban J connectivity index is 2.15. The highest BCUT2D eigenvalue weighted by atomic mass is 35.5. The van der Waals surface area contributed by atoms with Crippen LogP contribution in [0, 0.1) is 12.7 Å². The summed E-state index contributed by atoms with van der Waals surface area (Å²) in [4.78, 5) is 4.65. The van der Waals surface area contributed by atoms with Crippen molar-refractivity contribution in [3.05, 3.63) is 65.2 Å². The topological polar surface area (TPSA) is 17.8 Å². The molecule has 0 aliphatic carbocycles. The summed E-state index contributed by atoms with van der Waals surface area (Å²) in [5, 5.41) is 0. The quantitative estimate of drug-likeness (QED) is 0.657. The second kappa shape index (κ2) is 5.86. The molecule has 0 atom stereocenters. The van der Waals surface area contributed by atoms with Crippen molar-refractivity contribution in [1.29, 1.82) is 0 Å². The molecule has 0 saturated heterocycles. The summed E-state index contributed by atoms with van der Waals surface area (Å²) in [6.45, 7) is 2.52. The SMILES string of the molecule is Cc1cccc2nc(CCCl)n(Cc3ccccc3F)c12. The zero-order chi connectivity index (χ0) is 14.8. The largest absolute Gasteiger partial charge is 0.323 e. The Morgan fingerprint density at radius 3 is 2.71 bits per heavy atom. The number of aryl methyl sites for hydroxylation is 2. The zero-order valence-corrected chi connectivity index (χ0v) is 12.6. The summed E-state index contributed by atoms with van der Waals surface area (Å²) < 4.78 is 16.0. The van der Waals surface area contributed by atoms with Crippen molar-refractivity contribution in [3.63, 3.8) is 0 Å². The van der Waals surface area contributed by atoms with E-state index in [0.717, 1.165) is 22.4 Å². The van der Waals surface area contributed by atoms with Gasteiger partial charge in [-0.3, -0.25) is 0 Å². The number of imidazole rings is 1. The summed E-state index contributed by atoms with van der Waals surface area (Å²) in [7, 11) is 0. The average molecular weight is 303 g/mol. The maximum atomic E-state index is 13.9. The summed E-state index contributed by atoms with van der Waals surface area (Å²) >= 11 is 5.88. The number of para-hydroxylation sites is 1. The fraction of sp³-hybridized carbons (Fsp3) is 0.235. The highest BCUT2D eigenvalue weighted by Gasteiger charge is 2.13. The van der Waals surface area contributed by atoms with Gasteiger partial charge in [0.2, 0.25) is 0 Å². The minimum absolute atomic E-state index is 0.190. The molecule has 0 fully saturated rings. The zero-order valence-electron chi connectivity index (χ0n) is 11.8. The van der Waals surface area contributed by atoms with Crippen molar-refractivity contribution in [2.45, 2.75) is 19.9 Å². The van der Waals surface area contributed by atoms with Crippen molar-refractivity contribution in [2.75, 3.05) is 5.88 Å². The van der Waals surface area contributed by atoms with Gasteiger partial charge in [-0.05, 0) is 24.6 Å². The average Bonchev–Trinajstić information content (AvgIpc) is 2.81. The molecule has 1 aromatic heterocycles. The third kappa shape index (κ3) is 2.66. The molecule has 108 valence electrons. The van der Waals surface area contributed by atoms with E-state index in [0.29, 0.717) is 24.4 Å². The van der Waals surface area contributed by atoms with Crippen LogP contribution in [-0.4, -0.2) is 15.4 Å².